The highest BCUT2D eigenvalue weighted by Gasteiger charge is 2.03. The van der Waals surface area contributed by atoms with Gasteiger partial charge < -0.3 is 0 Å². The average Bonchev–Trinajstić information content (AvgIpc) is 2.41. The van der Waals surface area contributed by atoms with Crippen molar-refractivity contribution < 1.29 is 4.79 Å². The van der Waals surface area contributed by atoms with Crippen molar-refractivity contribution in [1.29, 1.82) is 0 Å². The summed E-state index contributed by atoms with van der Waals surface area (Å²) in [7, 11) is 0. The Morgan fingerprint density at radius 2 is 1.89 bits per heavy atom. The highest BCUT2D eigenvalue weighted by molar-refractivity contribution is 5.95. The lowest BCUT2D eigenvalue weighted by Crippen LogP contribution is -2.17. The zero-order valence-electron chi connectivity index (χ0n) is 11.1. The summed E-state index contributed by atoms with van der Waals surface area (Å²) in [5.41, 5.74) is 6.31. The monoisotopic (exact) mass is 252 g/mol. The maximum atomic E-state index is 11.8. The first-order valence-corrected chi connectivity index (χ1v) is 6.12. The van der Waals surface area contributed by atoms with Crippen LogP contribution in [0.2, 0.25) is 0 Å². The summed E-state index contributed by atoms with van der Waals surface area (Å²) in [5, 5.41) is 3.98. The van der Waals surface area contributed by atoms with E-state index in [0.29, 0.717) is 5.56 Å². The number of hydrogen-bond donors (Lipinski definition) is 1. The Morgan fingerprint density at radius 3 is 2.63 bits per heavy atom. The van der Waals surface area contributed by atoms with Crippen molar-refractivity contribution in [3.05, 3.63) is 70.8 Å². The van der Waals surface area contributed by atoms with Crippen molar-refractivity contribution in [2.75, 3.05) is 0 Å². The van der Waals surface area contributed by atoms with E-state index in [1.165, 1.54) is 0 Å². The lowest BCUT2D eigenvalue weighted by molar-refractivity contribution is 0.0955. The molecule has 0 atom stereocenters. The number of carbonyl (C=O) groups excluding carboxylic acids is 1. The molecule has 3 heteroatoms. The predicted molar refractivity (Wildman–Crippen MR) is 77.4 cm³/mol. The molecule has 0 heterocycles. The Bertz CT molecular complexity index is 618. The zero-order chi connectivity index (χ0) is 13.7. The van der Waals surface area contributed by atoms with Crippen LogP contribution in [0.15, 0.2) is 53.6 Å². The first kappa shape index (κ1) is 13.0. The molecule has 3 nitrogen and oxygen atoms in total. The van der Waals surface area contributed by atoms with Gasteiger partial charge in [-0.15, -0.1) is 0 Å². The number of rotatable bonds is 3. The summed E-state index contributed by atoms with van der Waals surface area (Å²) in [6.07, 6.45) is 1.66. The van der Waals surface area contributed by atoms with Gasteiger partial charge in [0.25, 0.3) is 5.91 Å². The normalized spacial score (nSPS) is 10.6. The molecular formula is C16H16N2O. The molecule has 19 heavy (non-hydrogen) atoms. The number of nitrogens with zero attached hydrogens (tertiary/aromatic N) is 1. The van der Waals surface area contributed by atoms with E-state index in [1.807, 2.05) is 56.3 Å². The zero-order valence-corrected chi connectivity index (χ0v) is 11.1. The molecule has 2 aromatic rings. The Morgan fingerprint density at radius 1 is 1.11 bits per heavy atom. The summed E-state index contributed by atoms with van der Waals surface area (Å²) in [5.74, 6) is -0.200. The number of hydrogen-bond acceptors (Lipinski definition) is 2. The smallest absolute Gasteiger partial charge is 0.267 e. The van der Waals surface area contributed by atoms with E-state index >= 15 is 0 Å². The second-order valence-corrected chi connectivity index (χ2v) is 4.43. The summed E-state index contributed by atoms with van der Waals surface area (Å²) in [6, 6.07) is 15.3. The Labute approximate surface area is 113 Å². The van der Waals surface area contributed by atoms with Crippen LogP contribution in [-0.4, -0.2) is 12.1 Å². The molecule has 0 fully saturated rings. The molecule has 0 aliphatic rings. The second-order valence-electron chi connectivity index (χ2n) is 4.43. The topological polar surface area (TPSA) is 41.5 Å². The van der Waals surface area contributed by atoms with Crippen LogP contribution in [0.25, 0.3) is 0 Å². The standard InChI is InChI=1S/C16H16N2O/c1-12-6-5-9-14(10-12)16(19)18-17-11-15-8-4-3-7-13(15)2/h3-11H,1-2H3,(H,18,19)/b17-11+. The van der Waals surface area contributed by atoms with Crippen LogP contribution in [0.4, 0.5) is 0 Å². The quantitative estimate of drug-likeness (QED) is 0.662. The van der Waals surface area contributed by atoms with Crippen molar-refractivity contribution >= 4 is 12.1 Å². The molecule has 0 aliphatic heterocycles. The highest BCUT2D eigenvalue weighted by Crippen LogP contribution is 2.05. The number of amides is 1. The van der Waals surface area contributed by atoms with Crippen LogP contribution in [0.3, 0.4) is 0 Å². The summed E-state index contributed by atoms with van der Waals surface area (Å²) >= 11 is 0. The molecule has 0 aromatic heterocycles. The molecule has 1 N–H and O–H groups in total. The number of nitrogens with one attached hydrogen (secondary N) is 1. The molecule has 96 valence electrons. The molecule has 0 spiro atoms. The lowest BCUT2D eigenvalue weighted by atomic mass is 10.1. The Hall–Kier alpha value is -2.42. The minimum Gasteiger partial charge on any atom is -0.267 e. The van der Waals surface area contributed by atoms with Crippen LogP contribution in [0, 0.1) is 13.8 Å². The minimum absolute atomic E-state index is 0.200. The van der Waals surface area contributed by atoms with Crippen molar-refractivity contribution in [3.63, 3.8) is 0 Å². The molecule has 0 bridgehead atoms. The van der Waals surface area contributed by atoms with Gasteiger partial charge in [0.1, 0.15) is 0 Å². The molecule has 2 rings (SSSR count). The van der Waals surface area contributed by atoms with Gasteiger partial charge in [-0.2, -0.15) is 5.10 Å². The first-order valence-electron chi connectivity index (χ1n) is 6.12. The van der Waals surface area contributed by atoms with Crippen molar-refractivity contribution in [2.24, 2.45) is 5.10 Å². The van der Waals surface area contributed by atoms with Crippen LogP contribution in [-0.2, 0) is 0 Å². The number of hydrazone groups is 1. The van der Waals surface area contributed by atoms with Gasteiger partial charge in [-0.25, -0.2) is 5.43 Å². The van der Waals surface area contributed by atoms with E-state index in [0.717, 1.165) is 16.7 Å². The second kappa shape index (κ2) is 5.96. The van der Waals surface area contributed by atoms with Gasteiger partial charge in [0.05, 0.1) is 6.21 Å². The maximum Gasteiger partial charge on any atom is 0.271 e. The van der Waals surface area contributed by atoms with Gasteiger partial charge in [-0.1, -0.05) is 42.0 Å². The number of aryl methyl sites for hydroxylation is 2. The summed E-state index contributed by atoms with van der Waals surface area (Å²) < 4.78 is 0. The van der Waals surface area contributed by atoms with Gasteiger partial charge in [-0.3, -0.25) is 4.79 Å². The minimum atomic E-state index is -0.200. The Balaban J connectivity index is 2.03. The predicted octanol–water partition coefficient (Wildman–Crippen LogP) is 3.07. The van der Waals surface area contributed by atoms with Crippen LogP contribution >= 0.6 is 0 Å². The van der Waals surface area contributed by atoms with Gasteiger partial charge in [-0.05, 0) is 37.1 Å². The fourth-order valence-corrected chi connectivity index (χ4v) is 1.74. The van der Waals surface area contributed by atoms with Crippen LogP contribution < -0.4 is 5.43 Å². The van der Waals surface area contributed by atoms with Crippen LogP contribution in [0.1, 0.15) is 27.0 Å². The Kier molecular flexibility index (Phi) is 4.08. The fourth-order valence-electron chi connectivity index (χ4n) is 1.74. The van der Waals surface area contributed by atoms with Crippen molar-refractivity contribution in [2.45, 2.75) is 13.8 Å². The molecule has 0 saturated carbocycles. The van der Waals surface area contributed by atoms with E-state index in [9.17, 15) is 4.79 Å². The van der Waals surface area contributed by atoms with Gasteiger partial charge >= 0.3 is 0 Å². The van der Waals surface area contributed by atoms with E-state index in [-0.39, 0.29) is 5.91 Å². The van der Waals surface area contributed by atoms with E-state index in [1.54, 1.807) is 12.3 Å². The summed E-state index contributed by atoms with van der Waals surface area (Å²) in [6.45, 7) is 3.96. The largest absolute Gasteiger partial charge is 0.271 e. The van der Waals surface area contributed by atoms with Crippen molar-refractivity contribution in [3.8, 4) is 0 Å². The maximum absolute atomic E-state index is 11.8. The van der Waals surface area contributed by atoms with E-state index in [2.05, 4.69) is 10.5 Å². The molecule has 1 amide bonds. The molecule has 0 unspecified atom stereocenters. The number of benzene rings is 2. The van der Waals surface area contributed by atoms with Gasteiger partial charge in [0, 0.05) is 5.56 Å². The summed E-state index contributed by atoms with van der Waals surface area (Å²) in [4.78, 5) is 11.8. The SMILES string of the molecule is Cc1cccc(C(=O)N/N=C/c2ccccc2C)c1. The molecule has 0 aliphatic carbocycles. The third-order valence-electron chi connectivity index (χ3n) is 2.84. The highest BCUT2D eigenvalue weighted by atomic mass is 16.2. The average molecular weight is 252 g/mol. The third-order valence-corrected chi connectivity index (χ3v) is 2.84. The van der Waals surface area contributed by atoms with E-state index in [4.69, 9.17) is 0 Å². The van der Waals surface area contributed by atoms with E-state index < -0.39 is 0 Å². The fraction of sp³-hybridized carbons (Fsp3) is 0.125. The van der Waals surface area contributed by atoms with Gasteiger partial charge in [0.2, 0.25) is 0 Å². The van der Waals surface area contributed by atoms with Crippen molar-refractivity contribution in [1.82, 2.24) is 5.43 Å². The first-order chi connectivity index (χ1) is 9.16. The molecular weight excluding hydrogens is 236 g/mol. The third kappa shape index (κ3) is 3.52. The molecule has 0 radical (unpaired) electrons. The molecule has 2 aromatic carbocycles. The number of carbonyl (C=O) groups is 1. The lowest BCUT2D eigenvalue weighted by Gasteiger charge is -2.01. The van der Waals surface area contributed by atoms with Crippen LogP contribution in [0.5, 0.6) is 0 Å². The van der Waals surface area contributed by atoms with Gasteiger partial charge in [0.15, 0.2) is 0 Å². The molecule has 0 saturated heterocycles.